The fourth-order valence-electron chi connectivity index (χ4n) is 2.71. The standard InChI is InChI=1S/C18H20N2O4/c1-4-13-6-15(10-17(8-13)19(21)22)12(3)16-7-14(5-2)9-18(11-16)20(23)24/h6-12H,4-5H2,1-3H3. The van der Waals surface area contributed by atoms with Gasteiger partial charge in [0.2, 0.25) is 0 Å². The zero-order valence-electron chi connectivity index (χ0n) is 14.0. The van der Waals surface area contributed by atoms with E-state index in [0.29, 0.717) is 12.8 Å². The molecule has 0 spiro atoms. The van der Waals surface area contributed by atoms with Crippen LogP contribution >= 0.6 is 0 Å². The lowest BCUT2D eigenvalue weighted by molar-refractivity contribution is -0.385. The third-order valence-corrected chi connectivity index (χ3v) is 4.24. The summed E-state index contributed by atoms with van der Waals surface area (Å²) in [5, 5.41) is 22.3. The van der Waals surface area contributed by atoms with Crippen molar-refractivity contribution in [3.05, 3.63) is 78.9 Å². The van der Waals surface area contributed by atoms with Crippen molar-refractivity contribution >= 4 is 11.4 Å². The second-order valence-corrected chi connectivity index (χ2v) is 5.81. The van der Waals surface area contributed by atoms with E-state index in [9.17, 15) is 20.2 Å². The maximum atomic E-state index is 11.1. The number of non-ortho nitro benzene ring substituents is 2. The zero-order valence-corrected chi connectivity index (χ0v) is 14.0. The molecule has 0 saturated carbocycles. The Kier molecular flexibility index (Phi) is 5.28. The van der Waals surface area contributed by atoms with Gasteiger partial charge in [-0.25, -0.2) is 0 Å². The molecule has 0 atom stereocenters. The maximum Gasteiger partial charge on any atom is 0.269 e. The van der Waals surface area contributed by atoms with E-state index in [0.717, 1.165) is 22.3 Å². The van der Waals surface area contributed by atoms with Crippen LogP contribution in [0.15, 0.2) is 36.4 Å². The van der Waals surface area contributed by atoms with Gasteiger partial charge in [0.25, 0.3) is 11.4 Å². The molecule has 0 amide bonds. The van der Waals surface area contributed by atoms with E-state index in [-0.39, 0.29) is 17.3 Å². The molecule has 0 N–H and O–H groups in total. The maximum absolute atomic E-state index is 11.1. The molecule has 0 aliphatic carbocycles. The molecular formula is C18H20N2O4. The Morgan fingerprint density at radius 2 is 1.17 bits per heavy atom. The van der Waals surface area contributed by atoms with E-state index >= 15 is 0 Å². The first-order valence-electron chi connectivity index (χ1n) is 7.92. The number of benzene rings is 2. The second kappa shape index (κ2) is 7.21. The van der Waals surface area contributed by atoms with Gasteiger partial charge in [0, 0.05) is 30.2 Å². The van der Waals surface area contributed by atoms with Gasteiger partial charge < -0.3 is 0 Å². The molecule has 2 rings (SSSR count). The third-order valence-electron chi connectivity index (χ3n) is 4.24. The summed E-state index contributed by atoms with van der Waals surface area (Å²) in [5.74, 6) is -0.166. The molecule has 0 aliphatic rings. The van der Waals surface area contributed by atoms with Gasteiger partial charge >= 0.3 is 0 Å². The van der Waals surface area contributed by atoms with Crippen LogP contribution in [0.4, 0.5) is 11.4 Å². The molecule has 126 valence electrons. The van der Waals surface area contributed by atoms with Gasteiger partial charge in [0.15, 0.2) is 0 Å². The fraction of sp³-hybridized carbons (Fsp3) is 0.333. The average Bonchev–Trinajstić information content (AvgIpc) is 2.59. The summed E-state index contributed by atoms with van der Waals surface area (Å²) in [6, 6.07) is 10.1. The van der Waals surface area contributed by atoms with Crippen LogP contribution in [0.1, 0.15) is 48.9 Å². The summed E-state index contributed by atoms with van der Waals surface area (Å²) < 4.78 is 0. The Hall–Kier alpha value is -2.76. The van der Waals surface area contributed by atoms with E-state index in [1.165, 1.54) is 0 Å². The summed E-state index contributed by atoms with van der Waals surface area (Å²) in [6.45, 7) is 5.79. The number of nitro benzene ring substituents is 2. The lowest BCUT2D eigenvalue weighted by Crippen LogP contribution is -2.02. The zero-order chi connectivity index (χ0) is 17.9. The van der Waals surface area contributed by atoms with E-state index in [2.05, 4.69) is 0 Å². The molecule has 2 aromatic carbocycles. The molecular weight excluding hydrogens is 308 g/mol. The predicted octanol–water partition coefficient (Wildman–Crippen LogP) is 4.78. The van der Waals surface area contributed by atoms with E-state index < -0.39 is 9.85 Å². The minimum Gasteiger partial charge on any atom is -0.258 e. The van der Waals surface area contributed by atoms with Crippen LogP contribution in [0.3, 0.4) is 0 Å². The quantitative estimate of drug-likeness (QED) is 0.564. The largest absolute Gasteiger partial charge is 0.269 e. The molecule has 0 heterocycles. The van der Waals surface area contributed by atoms with Gasteiger partial charge in [0.1, 0.15) is 0 Å². The highest BCUT2D eigenvalue weighted by molar-refractivity contribution is 5.47. The topological polar surface area (TPSA) is 86.3 Å². The molecule has 24 heavy (non-hydrogen) atoms. The molecule has 2 aromatic rings. The van der Waals surface area contributed by atoms with Crippen molar-refractivity contribution in [1.29, 1.82) is 0 Å². The van der Waals surface area contributed by atoms with Crippen LogP contribution < -0.4 is 0 Å². The first-order valence-corrected chi connectivity index (χ1v) is 7.92. The summed E-state index contributed by atoms with van der Waals surface area (Å²) >= 11 is 0. The second-order valence-electron chi connectivity index (χ2n) is 5.81. The van der Waals surface area contributed by atoms with Crippen molar-refractivity contribution in [2.75, 3.05) is 0 Å². The molecule has 0 bridgehead atoms. The molecule has 0 aromatic heterocycles. The van der Waals surface area contributed by atoms with Crippen LogP contribution in [-0.4, -0.2) is 9.85 Å². The van der Waals surface area contributed by atoms with E-state index in [1.807, 2.05) is 32.9 Å². The van der Waals surface area contributed by atoms with Gasteiger partial charge in [-0.15, -0.1) is 0 Å². The Labute approximate surface area is 140 Å². The molecule has 0 radical (unpaired) electrons. The SMILES string of the molecule is CCc1cc(C(C)c2cc(CC)cc([N+](=O)[O-])c2)cc([N+](=O)[O-])c1. The molecule has 0 saturated heterocycles. The lowest BCUT2D eigenvalue weighted by Gasteiger charge is -2.15. The first-order chi connectivity index (χ1) is 11.3. The van der Waals surface area contributed by atoms with Crippen molar-refractivity contribution in [2.45, 2.75) is 39.5 Å². The van der Waals surface area contributed by atoms with Crippen molar-refractivity contribution in [2.24, 2.45) is 0 Å². The van der Waals surface area contributed by atoms with Gasteiger partial charge in [-0.1, -0.05) is 32.9 Å². The van der Waals surface area contributed by atoms with Gasteiger partial charge in [-0.2, -0.15) is 0 Å². The summed E-state index contributed by atoms with van der Waals surface area (Å²) in [4.78, 5) is 21.5. The van der Waals surface area contributed by atoms with Crippen molar-refractivity contribution in [3.63, 3.8) is 0 Å². The van der Waals surface area contributed by atoms with Gasteiger partial charge in [-0.05, 0) is 35.1 Å². The normalized spacial score (nSPS) is 10.8. The molecule has 0 aliphatic heterocycles. The first kappa shape index (κ1) is 17.6. The minimum absolute atomic E-state index is 0.0531. The highest BCUT2D eigenvalue weighted by Crippen LogP contribution is 2.31. The Balaban J connectivity index is 2.53. The van der Waals surface area contributed by atoms with Crippen molar-refractivity contribution in [3.8, 4) is 0 Å². The molecule has 0 unspecified atom stereocenters. The predicted molar refractivity (Wildman–Crippen MR) is 92.5 cm³/mol. The number of rotatable bonds is 6. The Morgan fingerprint density at radius 1 is 0.792 bits per heavy atom. The minimum atomic E-state index is -0.402. The fourth-order valence-corrected chi connectivity index (χ4v) is 2.71. The van der Waals surface area contributed by atoms with Crippen LogP contribution in [0, 0.1) is 20.2 Å². The Bertz CT molecular complexity index is 721. The number of hydrogen-bond donors (Lipinski definition) is 0. The van der Waals surface area contributed by atoms with Gasteiger partial charge in [-0.3, -0.25) is 20.2 Å². The number of nitrogens with zero attached hydrogens (tertiary/aromatic N) is 2. The molecule has 0 fully saturated rings. The Morgan fingerprint density at radius 3 is 1.46 bits per heavy atom. The monoisotopic (exact) mass is 328 g/mol. The third kappa shape index (κ3) is 3.76. The van der Waals surface area contributed by atoms with Crippen LogP contribution in [0.2, 0.25) is 0 Å². The number of aryl methyl sites for hydroxylation is 2. The average molecular weight is 328 g/mol. The molecule has 6 heteroatoms. The summed E-state index contributed by atoms with van der Waals surface area (Å²) in [6.07, 6.45) is 1.38. The van der Waals surface area contributed by atoms with E-state index in [4.69, 9.17) is 0 Å². The number of hydrogen-bond acceptors (Lipinski definition) is 4. The van der Waals surface area contributed by atoms with Crippen LogP contribution in [0.5, 0.6) is 0 Å². The highest BCUT2D eigenvalue weighted by Gasteiger charge is 2.18. The molecule has 6 nitrogen and oxygen atoms in total. The number of nitro groups is 2. The van der Waals surface area contributed by atoms with Crippen LogP contribution in [0.25, 0.3) is 0 Å². The van der Waals surface area contributed by atoms with Crippen molar-refractivity contribution < 1.29 is 9.85 Å². The highest BCUT2D eigenvalue weighted by atomic mass is 16.6. The van der Waals surface area contributed by atoms with Crippen LogP contribution in [-0.2, 0) is 12.8 Å². The smallest absolute Gasteiger partial charge is 0.258 e. The van der Waals surface area contributed by atoms with E-state index in [1.54, 1.807) is 24.3 Å². The summed E-state index contributed by atoms with van der Waals surface area (Å²) in [5.41, 5.74) is 3.46. The van der Waals surface area contributed by atoms with Gasteiger partial charge in [0.05, 0.1) is 9.85 Å². The summed E-state index contributed by atoms with van der Waals surface area (Å²) in [7, 11) is 0. The van der Waals surface area contributed by atoms with Crippen molar-refractivity contribution in [1.82, 2.24) is 0 Å². The lowest BCUT2D eigenvalue weighted by atomic mass is 9.89.